The molecule has 7 nitrogen and oxygen atoms in total. The molecule has 3 aromatic rings. The number of amides is 1. The number of anilines is 2. The van der Waals surface area contributed by atoms with Gasteiger partial charge < -0.3 is 10.2 Å². The summed E-state index contributed by atoms with van der Waals surface area (Å²) in [6.45, 7) is 0.575. The van der Waals surface area contributed by atoms with Crippen LogP contribution >= 0.6 is 0 Å². The number of rotatable bonds is 6. The second-order valence-corrected chi connectivity index (χ2v) is 5.93. The Morgan fingerprint density at radius 2 is 1.89 bits per heavy atom. The van der Waals surface area contributed by atoms with Gasteiger partial charge in [-0.05, 0) is 48.4 Å². The molecule has 1 amide bonds. The fraction of sp³-hybridized carbons (Fsp3) is 0.150. The first kappa shape index (κ1) is 18.0. The Kier molecular flexibility index (Phi) is 5.70. The number of carbonyl (C=O) groups is 1. The molecule has 2 heterocycles. The molecule has 0 atom stereocenters. The molecule has 0 saturated heterocycles. The molecular weight excluding hydrogens is 340 g/mol. The van der Waals surface area contributed by atoms with Crippen LogP contribution in [0.3, 0.4) is 0 Å². The zero-order valence-corrected chi connectivity index (χ0v) is 14.8. The van der Waals surface area contributed by atoms with Crippen LogP contribution in [0.1, 0.15) is 21.6 Å². The molecule has 27 heavy (non-hydrogen) atoms. The third kappa shape index (κ3) is 4.86. The van der Waals surface area contributed by atoms with Gasteiger partial charge >= 0.3 is 0 Å². The van der Waals surface area contributed by atoms with Gasteiger partial charge in [0, 0.05) is 37.7 Å². The van der Waals surface area contributed by atoms with E-state index in [1.807, 2.05) is 12.1 Å². The van der Waals surface area contributed by atoms with Gasteiger partial charge in [0.1, 0.15) is 17.8 Å². The summed E-state index contributed by atoms with van der Waals surface area (Å²) >= 11 is 0. The van der Waals surface area contributed by atoms with Crippen molar-refractivity contribution in [3.8, 4) is 6.07 Å². The number of nitriles is 1. The second kappa shape index (κ2) is 8.54. The third-order valence-corrected chi connectivity index (χ3v) is 4.00. The molecule has 3 rings (SSSR count). The third-order valence-electron chi connectivity index (χ3n) is 4.00. The van der Waals surface area contributed by atoms with Gasteiger partial charge in [-0.3, -0.25) is 9.78 Å². The van der Waals surface area contributed by atoms with Crippen LogP contribution in [0, 0.1) is 11.3 Å². The molecule has 0 aliphatic rings. The van der Waals surface area contributed by atoms with Gasteiger partial charge in [0.25, 0.3) is 5.91 Å². The smallest absolute Gasteiger partial charge is 0.272 e. The molecule has 0 aliphatic carbocycles. The van der Waals surface area contributed by atoms with E-state index in [1.54, 1.807) is 54.7 Å². The summed E-state index contributed by atoms with van der Waals surface area (Å²) in [6.07, 6.45) is 5.58. The summed E-state index contributed by atoms with van der Waals surface area (Å²) in [6, 6.07) is 14.5. The van der Waals surface area contributed by atoms with E-state index >= 15 is 0 Å². The van der Waals surface area contributed by atoms with E-state index in [9.17, 15) is 4.79 Å². The largest absolute Gasteiger partial charge is 0.340 e. The number of hydrogen-bond acceptors (Lipinski definition) is 6. The van der Waals surface area contributed by atoms with Gasteiger partial charge in [-0.25, -0.2) is 9.97 Å². The standard InChI is InChI=1S/C20H18N6O/c1-26(11-8-15-6-9-22-10-7-15)20(27)18-12-19(24-14-23-18)25-17-4-2-16(13-21)3-5-17/h2-7,9-10,12,14H,8,11H2,1H3,(H,23,24,25). The van der Waals surface area contributed by atoms with Crippen molar-refractivity contribution in [3.05, 3.63) is 78.0 Å². The van der Waals surface area contributed by atoms with Crippen molar-refractivity contribution in [2.75, 3.05) is 18.9 Å². The quantitative estimate of drug-likeness (QED) is 0.728. The molecule has 0 aliphatic heterocycles. The van der Waals surface area contributed by atoms with Crippen molar-refractivity contribution < 1.29 is 4.79 Å². The first-order valence-corrected chi connectivity index (χ1v) is 8.39. The summed E-state index contributed by atoms with van der Waals surface area (Å²) in [7, 11) is 1.75. The number of aromatic nitrogens is 3. The summed E-state index contributed by atoms with van der Waals surface area (Å²) in [4.78, 5) is 26.5. The van der Waals surface area contributed by atoms with Gasteiger partial charge in [-0.15, -0.1) is 0 Å². The zero-order valence-electron chi connectivity index (χ0n) is 14.8. The topological polar surface area (TPSA) is 94.8 Å². The Morgan fingerprint density at radius 3 is 2.59 bits per heavy atom. The molecule has 0 saturated carbocycles. The molecule has 0 spiro atoms. The zero-order chi connectivity index (χ0) is 19.1. The number of benzene rings is 1. The Morgan fingerprint density at radius 1 is 1.15 bits per heavy atom. The molecule has 0 bridgehead atoms. The fourth-order valence-electron chi connectivity index (χ4n) is 2.46. The van der Waals surface area contributed by atoms with E-state index in [0.717, 1.165) is 17.7 Å². The Bertz CT molecular complexity index is 950. The first-order valence-electron chi connectivity index (χ1n) is 8.39. The van der Waals surface area contributed by atoms with Gasteiger partial charge in [0.15, 0.2) is 0 Å². The molecule has 1 aromatic carbocycles. The molecule has 0 radical (unpaired) electrons. The van der Waals surface area contributed by atoms with Crippen molar-refractivity contribution in [1.82, 2.24) is 19.9 Å². The lowest BCUT2D eigenvalue weighted by molar-refractivity contribution is 0.0790. The minimum absolute atomic E-state index is 0.172. The van der Waals surface area contributed by atoms with E-state index in [-0.39, 0.29) is 5.91 Å². The molecule has 7 heteroatoms. The number of nitrogens with one attached hydrogen (secondary N) is 1. The van der Waals surface area contributed by atoms with Crippen molar-refractivity contribution >= 4 is 17.4 Å². The highest BCUT2D eigenvalue weighted by Gasteiger charge is 2.14. The molecule has 134 valence electrons. The van der Waals surface area contributed by atoms with E-state index < -0.39 is 0 Å². The highest BCUT2D eigenvalue weighted by Crippen LogP contribution is 2.16. The number of nitrogens with zero attached hydrogens (tertiary/aromatic N) is 5. The lowest BCUT2D eigenvalue weighted by atomic mass is 10.2. The van der Waals surface area contributed by atoms with Crippen LogP contribution in [-0.4, -0.2) is 39.4 Å². The van der Waals surface area contributed by atoms with Gasteiger partial charge in [0.2, 0.25) is 0 Å². The molecular formula is C20H18N6O. The average molecular weight is 358 g/mol. The maximum absolute atomic E-state index is 12.6. The Hall–Kier alpha value is -3.79. The molecule has 1 N–H and O–H groups in total. The van der Waals surface area contributed by atoms with Crippen LogP contribution in [-0.2, 0) is 6.42 Å². The second-order valence-electron chi connectivity index (χ2n) is 5.93. The van der Waals surface area contributed by atoms with Crippen LogP contribution in [0.15, 0.2) is 61.2 Å². The van der Waals surface area contributed by atoms with E-state index in [0.29, 0.717) is 23.6 Å². The number of pyridine rings is 1. The van der Waals surface area contributed by atoms with Gasteiger partial charge in [-0.2, -0.15) is 5.26 Å². The molecule has 2 aromatic heterocycles. The minimum atomic E-state index is -0.172. The van der Waals surface area contributed by atoms with Crippen LogP contribution < -0.4 is 5.32 Å². The summed E-state index contributed by atoms with van der Waals surface area (Å²) in [5, 5.41) is 12.0. The van der Waals surface area contributed by atoms with Gasteiger partial charge in [0.05, 0.1) is 11.6 Å². The lowest BCUT2D eigenvalue weighted by Crippen LogP contribution is -2.29. The minimum Gasteiger partial charge on any atom is -0.340 e. The lowest BCUT2D eigenvalue weighted by Gasteiger charge is -2.17. The van der Waals surface area contributed by atoms with Crippen molar-refractivity contribution in [2.45, 2.75) is 6.42 Å². The highest BCUT2D eigenvalue weighted by molar-refractivity contribution is 5.92. The summed E-state index contributed by atoms with van der Waals surface area (Å²) in [5.41, 5.74) is 2.79. The van der Waals surface area contributed by atoms with Crippen molar-refractivity contribution in [3.63, 3.8) is 0 Å². The summed E-state index contributed by atoms with van der Waals surface area (Å²) < 4.78 is 0. The number of likely N-dealkylation sites (N-methyl/N-ethyl adjacent to an activating group) is 1. The van der Waals surface area contributed by atoms with Crippen molar-refractivity contribution in [1.29, 1.82) is 5.26 Å². The first-order chi connectivity index (χ1) is 13.2. The van der Waals surface area contributed by atoms with Gasteiger partial charge in [-0.1, -0.05) is 0 Å². The van der Waals surface area contributed by atoms with Crippen molar-refractivity contribution in [2.24, 2.45) is 0 Å². The average Bonchev–Trinajstić information content (AvgIpc) is 2.73. The maximum Gasteiger partial charge on any atom is 0.272 e. The van der Waals surface area contributed by atoms with E-state index in [2.05, 4.69) is 26.3 Å². The Labute approximate surface area is 157 Å². The fourth-order valence-corrected chi connectivity index (χ4v) is 2.46. The van der Waals surface area contributed by atoms with Crippen LogP contribution in [0.4, 0.5) is 11.5 Å². The predicted octanol–water partition coefficient (Wildman–Crippen LogP) is 2.80. The van der Waals surface area contributed by atoms with E-state index in [4.69, 9.17) is 5.26 Å². The SMILES string of the molecule is CN(CCc1ccncc1)C(=O)c1cc(Nc2ccc(C#N)cc2)ncn1. The number of hydrogen-bond donors (Lipinski definition) is 1. The highest BCUT2D eigenvalue weighted by atomic mass is 16.2. The summed E-state index contributed by atoms with van der Waals surface area (Å²) in [5.74, 6) is 0.343. The normalized spacial score (nSPS) is 10.1. The predicted molar refractivity (Wildman–Crippen MR) is 101 cm³/mol. The van der Waals surface area contributed by atoms with Crippen LogP contribution in [0.2, 0.25) is 0 Å². The maximum atomic E-state index is 12.6. The molecule has 0 unspecified atom stereocenters. The monoisotopic (exact) mass is 358 g/mol. The van der Waals surface area contributed by atoms with Crippen LogP contribution in [0.5, 0.6) is 0 Å². The number of carbonyl (C=O) groups excluding carboxylic acids is 1. The molecule has 0 fully saturated rings. The van der Waals surface area contributed by atoms with E-state index in [1.165, 1.54) is 6.33 Å². The Balaban J connectivity index is 1.64. The van der Waals surface area contributed by atoms with Crippen LogP contribution in [0.25, 0.3) is 0 Å².